The van der Waals surface area contributed by atoms with Crippen LogP contribution < -0.4 is 5.32 Å². The van der Waals surface area contributed by atoms with Crippen LogP contribution in [0.5, 0.6) is 0 Å². The summed E-state index contributed by atoms with van der Waals surface area (Å²) < 4.78 is 0.728. The van der Waals surface area contributed by atoms with Gasteiger partial charge in [0, 0.05) is 16.1 Å². The second kappa shape index (κ2) is 4.45. The van der Waals surface area contributed by atoms with Crippen LogP contribution in [0.1, 0.15) is 31.3 Å². The molecule has 84 valence electrons. The molecule has 0 fully saturated rings. The van der Waals surface area contributed by atoms with Crippen LogP contribution >= 0.6 is 23.6 Å². The zero-order valence-corrected chi connectivity index (χ0v) is 11.1. The van der Waals surface area contributed by atoms with Crippen molar-refractivity contribution in [2.75, 3.05) is 0 Å². The summed E-state index contributed by atoms with van der Waals surface area (Å²) in [4.78, 5) is 15.7. The van der Waals surface area contributed by atoms with Crippen molar-refractivity contribution in [1.29, 1.82) is 0 Å². The number of aryl methyl sites for hydroxylation is 1. The van der Waals surface area contributed by atoms with E-state index < -0.39 is 0 Å². The Morgan fingerprint density at radius 2 is 2.13 bits per heavy atom. The first-order valence-electron chi connectivity index (χ1n) is 4.77. The molecule has 0 saturated carbocycles. The second-order valence-electron chi connectivity index (χ2n) is 4.54. The molecule has 0 aliphatic carbocycles. The molecule has 1 amide bonds. The molecule has 3 nitrogen and oxygen atoms in total. The summed E-state index contributed by atoms with van der Waals surface area (Å²) in [5.74, 6) is 0.0378. The van der Waals surface area contributed by atoms with Crippen molar-refractivity contribution in [3.8, 4) is 0 Å². The van der Waals surface area contributed by atoms with E-state index in [0.717, 1.165) is 14.5 Å². The highest BCUT2D eigenvalue weighted by Gasteiger charge is 2.15. The van der Waals surface area contributed by atoms with Crippen molar-refractivity contribution in [2.45, 2.75) is 39.7 Å². The fraction of sp³-hybridized carbons (Fsp3) is 0.600. The van der Waals surface area contributed by atoms with Crippen LogP contribution in [0.4, 0.5) is 0 Å². The molecule has 0 aliphatic rings. The van der Waals surface area contributed by atoms with Gasteiger partial charge in [0.15, 0.2) is 3.95 Å². The molecule has 0 bridgehead atoms. The summed E-state index contributed by atoms with van der Waals surface area (Å²) in [6, 6.07) is 0. The van der Waals surface area contributed by atoms with Crippen LogP contribution in [0, 0.1) is 10.9 Å². The van der Waals surface area contributed by atoms with Crippen molar-refractivity contribution in [3.05, 3.63) is 14.5 Å². The van der Waals surface area contributed by atoms with E-state index in [9.17, 15) is 4.79 Å². The Bertz CT molecular complexity index is 412. The van der Waals surface area contributed by atoms with Crippen LogP contribution in [0.25, 0.3) is 0 Å². The lowest BCUT2D eigenvalue weighted by molar-refractivity contribution is -0.121. The van der Waals surface area contributed by atoms with Gasteiger partial charge < -0.3 is 10.3 Å². The van der Waals surface area contributed by atoms with Crippen molar-refractivity contribution in [1.82, 2.24) is 10.3 Å². The molecule has 1 aromatic heterocycles. The number of aromatic nitrogens is 1. The first kappa shape index (κ1) is 12.4. The third-order valence-electron chi connectivity index (χ3n) is 1.76. The Kier molecular flexibility index (Phi) is 3.67. The lowest BCUT2D eigenvalue weighted by atomic mass is 10.1. The molecule has 15 heavy (non-hydrogen) atoms. The standard InChI is InChI=1S/C10H16N2OS2/c1-6-7(15-9(14)11-6)5-8(13)12-10(2,3)4/h5H2,1-4H3,(H,11,14)(H,12,13). The van der Waals surface area contributed by atoms with Gasteiger partial charge in [-0.1, -0.05) is 0 Å². The number of rotatable bonds is 2. The molecular formula is C10H16N2OS2. The Morgan fingerprint density at radius 3 is 2.53 bits per heavy atom. The van der Waals surface area contributed by atoms with Crippen molar-refractivity contribution < 1.29 is 4.79 Å². The Morgan fingerprint density at radius 1 is 1.53 bits per heavy atom. The molecule has 0 aromatic carbocycles. The van der Waals surface area contributed by atoms with Gasteiger partial charge >= 0.3 is 0 Å². The molecule has 0 unspecified atom stereocenters. The smallest absolute Gasteiger partial charge is 0.225 e. The molecule has 1 heterocycles. The fourth-order valence-corrected chi connectivity index (χ4v) is 2.50. The zero-order chi connectivity index (χ0) is 11.6. The summed E-state index contributed by atoms with van der Waals surface area (Å²) in [5.41, 5.74) is 0.817. The molecule has 0 saturated heterocycles. The van der Waals surface area contributed by atoms with Crippen LogP contribution in [-0.2, 0) is 11.2 Å². The molecular weight excluding hydrogens is 228 g/mol. The van der Waals surface area contributed by atoms with Crippen LogP contribution in [0.3, 0.4) is 0 Å². The molecule has 0 aliphatic heterocycles. The average molecular weight is 244 g/mol. The molecule has 0 spiro atoms. The van der Waals surface area contributed by atoms with Gasteiger partial charge in [-0.2, -0.15) is 0 Å². The van der Waals surface area contributed by atoms with Crippen molar-refractivity contribution >= 4 is 29.5 Å². The minimum atomic E-state index is -0.178. The van der Waals surface area contributed by atoms with Gasteiger partial charge in [0.05, 0.1) is 6.42 Å². The number of carbonyl (C=O) groups is 1. The van der Waals surface area contributed by atoms with Crippen molar-refractivity contribution in [3.63, 3.8) is 0 Å². The van der Waals surface area contributed by atoms with Gasteiger partial charge in [-0.25, -0.2) is 0 Å². The first-order chi connectivity index (χ1) is 6.78. The van der Waals surface area contributed by atoms with Gasteiger partial charge in [-0.15, -0.1) is 11.3 Å². The minimum absolute atomic E-state index is 0.0378. The summed E-state index contributed by atoms with van der Waals surface area (Å²) in [6.07, 6.45) is 0.404. The summed E-state index contributed by atoms with van der Waals surface area (Å²) in [5, 5.41) is 2.92. The molecule has 1 aromatic rings. The van der Waals surface area contributed by atoms with Crippen LogP contribution in [0.2, 0.25) is 0 Å². The predicted octanol–water partition coefficient (Wildman–Crippen LogP) is 2.57. The molecule has 5 heteroatoms. The number of carbonyl (C=O) groups excluding carboxylic acids is 1. The highest BCUT2D eigenvalue weighted by atomic mass is 32.1. The van der Waals surface area contributed by atoms with Gasteiger partial charge in [-0.3, -0.25) is 4.79 Å². The number of amides is 1. The minimum Gasteiger partial charge on any atom is -0.351 e. The largest absolute Gasteiger partial charge is 0.351 e. The second-order valence-corrected chi connectivity index (χ2v) is 6.31. The normalized spacial score (nSPS) is 11.5. The van der Waals surface area contributed by atoms with Gasteiger partial charge in [0.25, 0.3) is 0 Å². The molecule has 0 radical (unpaired) electrons. The third kappa shape index (κ3) is 4.13. The number of nitrogens with one attached hydrogen (secondary N) is 2. The summed E-state index contributed by atoms with van der Waals surface area (Å²) >= 11 is 6.48. The Labute approximate surface area is 98.9 Å². The Balaban J connectivity index is 2.67. The van der Waals surface area contributed by atoms with E-state index in [1.54, 1.807) is 0 Å². The highest BCUT2D eigenvalue weighted by Crippen LogP contribution is 2.15. The maximum Gasteiger partial charge on any atom is 0.225 e. The quantitative estimate of drug-likeness (QED) is 0.785. The number of H-pyrrole nitrogens is 1. The lowest BCUT2D eigenvalue weighted by Crippen LogP contribution is -2.41. The average Bonchev–Trinajstić information content (AvgIpc) is 2.25. The van der Waals surface area contributed by atoms with E-state index in [0.29, 0.717) is 6.42 Å². The topological polar surface area (TPSA) is 44.9 Å². The predicted molar refractivity (Wildman–Crippen MR) is 65.8 cm³/mol. The molecule has 0 atom stereocenters. The van der Waals surface area contributed by atoms with Gasteiger partial charge in [0.1, 0.15) is 0 Å². The summed E-state index contributed by atoms with van der Waals surface area (Å²) in [7, 11) is 0. The SMILES string of the molecule is Cc1[nH]c(=S)sc1CC(=O)NC(C)(C)C. The van der Waals surface area contributed by atoms with Gasteiger partial charge in [-0.05, 0) is 39.9 Å². The number of hydrogen-bond donors (Lipinski definition) is 2. The zero-order valence-electron chi connectivity index (χ0n) is 9.43. The third-order valence-corrected chi connectivity index (χ3v) is 3.10. The number of hydrogen-bond acceptors (Lipinski definition) is 3. The van der Waals surface area contributed by atoms with E-state index in [1.165, 1.54) is 11.3 Å². The van der Waals surface area contributed by atoms with Crippen LogP contribution in [0.15, 0.2) is 0 Å². The van der Waals surface area contributed by atoms with E-state index in [2.05, 4.69) is 10.3 Å². The van der Waals surface area contributed by atoms with E-state index in [4.69, 9.17) is 12.2 Å². The lowest BCUT2D eigenvalue weighted by Gasteiger charge is -2.20. The number of thiazole rings is 1. The maximum absolute atomic E-state index is 11.6. The molecule has 2 N–H and O–H groups in total. The summed E-state index contributed by atoms with van der Waals surface area (Å²) in [6.45, 7) is 7.84. The maximum atomic E-state index is 11.6. The fourth-order valence-electron chi connectivity index (χ4n) is 1.21. The van der Waals surface area contributed by atoms with E-state index in [-0.39, 0.29) is 11.4 Å². The van der Waals surface area contributed by atoms with Crippen molar-refractivity contribution in [2.24, 2.45) is 0 Å². The highest BCUT2D eigenvalue weighted by molar-refractivity contribution is 7.73. The number of aromatic amines is 1. The van der Waals surface area contributed by atoms with Crippen LogP contribution in [-0.4, -0.2) is 16.4 Å². The van der Waals surface area contributed by atoms with E-state index in [1.807, 2.05) is 27.7 Å². The first-order valence-corrected chi connectivity index (χ1v) is 6.00. The monoisotopic (exact) mass is 244 g/mol. The molecule has 1 rings (SSSR count). The Hall–Kier alpha value is -0.680. The van der Waals surface area contributed by atoms with Gasteiger partial charge in [0.2, 0.25) is 5.91 Å². The van der Waals surface area contributed by atoms with E-state index >= 15 is 0 Å².